The number of halogens is 4. The van der Waals surface area contributed by atoms with Crippen molar-refractivity contribution in [3.8, 4) is 11.3 Å². The summed E-state index contributed by atoms with van der Waals surface area (Å²) in [5, 5.41) is 3.87. The van der Waals surface area contributed by atoms with Crippen LogP contribution in [0.1, 0.15) is 6.92 Å². The highest BCUT2D eigenvalue weighted by molar-refractivity contribution is 6.37. The van der Waals surface area contributed by atoms with Crippen molar-refractivity contribution in [3.63, 3.8) is 0 Å². The molecule has 1 aromatic carbocycles. The van der Waals surface area contributed by atoms with Gasteiger partial charge in [-0.2, -0.15) is 0 Å². The second-order valence-corrected chi connectivity index (χ2v) is 5.03. The van der Waals surface area contributed by atoms with Gasteiger partial charge in [0.25, 0.3) is 0 Å². The van der Waals surface area contributed by atoms with Crippen LogP contribution in [-0.2, 0) is 0 Å². The van der Waals surface area contributed by atoms with Gasteiger partial charge in [0, 0.05) is 12.1 Å². The predicted octanol–water partition coefficient (Wildman–Crippen LogP) is 5.28. The van der Waals surface area contributed by atoms with E-state index >= 15 is 0 Å². The molecule has 6 heteroatoms. The van der Waals surface area contributed by atoms with E-state index < -0.39 is 5.82 Å². The Morgan fingerprint density at radius 3 is 2.47 bits per heavy atom. The molecule has 2 aromatic rings. The number of rotatable bonds is 3. The molecule has 100 valence electrons. The van der Waals surface area contributed by atoms with E-state index in [1.807, 2.05) is 6.92 Å². The largest absolute Gasteiger partial charge is 0.369 e. The Balaban J connectivity index is 2.54. The minimum atomic E-state index is -0.484. The fraction of sp³-hybridized carbons (Fsp3) is 0.154. The van der Waals surface area contributed by atoms with Crippen LogP contribution in [0, 0.1) is 5.82 Å². The molecule has 0 aliphatic rings. The Labute approximate surface area is 125 Å². The Kier molecular flexibility index (Phi) is 4.50. The quantitative estimate of drug-likeness (QED) is 0.832. The van der Waals surface area contributed by atoms with Crippen LogP contribution in [0.2, 0.25) is 15.1 Å². The third kappa shape index (κ3) is 3.11. The van der Waals surface area contributed by atoms with Crippen LogP contribution in [-0.4, -0.2) is 11.5 Å². The Morgan fingerprint density at radius 2 is 1.84 bits per heavy atom. The highest BCUT2D eigenvalue weighted by Gasteiger charge is 2.12. The third-order valence-corrected chi connectivity index (χ3v) is 3.33. The van der Waals surface area contributed by atoms with Crippen LogP contribution >= 0.6 is 34.8 Å². The highest BCUT2D eigenvalue weighted by atomic mass is 35.5. The fourth-order valence-corrected chi connectivity index (χ4v) is 2.32. The maximum atomic E-state index is 13.2. The predicted molar refractivity (Wildman–Crippen MR) is 78.8 cm³/mol. The number of pyridine rings is 1. The number of anilines is 1. The van der Waals surface area contributed by atoms with Crippen LogP contribution in [0.5, 0.6) is 0 Å². The second kappa shape index (κ2) is 5.95. The maximum Gasteiger partial charge on any atom is 0.145 e. The lowest BCUT2D eigenvalue weighted by Crippen LogP contribution is -2.01. The number of aromatic nitrogens is 1. The van der Waals surface area contributed by atoms with E-state index in [1.54, 1.807) is 12.1 Å². The fourth-order valence-electron chi connectivity index (χ4n) is 1.60. The Morgan fingerprint density at radius 1 is 1.11 bits per heavy atom. The first-order valence-corrected chi connectivity index (χ1v) is 6.71. The zero-order valence-electron chi connectivity index (χ0n) is 9.98. The van der Waals surface area contributed by atoms with Gasteiger partial charge < -0.3 is 5.32 Å². The Bertz CT molecular complexity index is 617. The van der Waals surface area contributed by atoms with Crippen molar-refractivity contribution in [3.05, 3.63) is 45.2 Å². The minimum absolute atomic E-state index is 0.0234. The first-order valence-electron chi connectivity index (χ1n) is 5.58. The standard InChI is InChI=1S/C13H10Cl3FN2/c1-2-18-13-10(16)6-9(15)12(19-13)7-3-4-11(17)8(14)5-7/h3-6H,2H2,1H3,(H,18,19). The summed E-state index contributed by atoms with van der Waals surface area (Å²) < 4.78 is 13.2. The molecule has 1 N–H and O–H groups in total. The maximum absolute atomic E-state index is 13.2. The van der Waals surface area contributed by atoms with Gasteiger partial charge in [0.05, 0.1) is 20.8 Å². The van der Waals surface area contributed by atoms with Gasteiger partial charge >= 0.3 is 0 Å². The van der Waals surface area contributed by atoms with Gasteiger partial charge in [-0.1, -0.05) is 34.8 Å². The third-order valence-electron chi connectivity index (χ3n) is 2.47. The van der Waals surface area contributed by atoms with Gasteiger partial charge in [0.1, 0.15) is 11.6 Å². The molecule has 0 fully saturated rings. The molecule has 0 bridgehead atoms. The van der Waals surface area contributed by atoms with Crippen LogP contribution < -0.4 is 5.32 Å². The van der Waals surface area contributed by atoms with E-state index in [4.69, 9.17) is 34.8 Å². The van der Waals surface area contributed by atoms with Gasteiger partial charge in [0.2, 0.25) is 0 Å². The summed E-state index contributed by atoms with van der Waals surface area (Å²) in [6, 6.07) is 5.92. The van der Waals surface area contributed by atoms with Crippen LogP contribution in [0.15, 0.2) is 24.3 Å². The molecule has 0 radical (unpaired) electrons. The van der Waals surface area contributed by atoms with Crippen LogP contribution in [0.3, 0.4) is 0 Å². The van der Waals surface area contributed by atoms with Crippen molar-refractivity contribution < 1.29 is 4.39 Å². The minimum Gasteiger partial charge on any atom is -0.369 e. The molecule has 0 unspecified atom stereocenters. The first kappa shape index (κ1) is 14.4. The number of nitrogens with zero attached hydrogens (tertiary/aromatic N) is 1. The summed E-state index contributed by atoms with van der Waals surface area (Å²) in [6.45, 7) is 2.61. The van der Waals surface area contributed by atoms with Crippen molar-refractivity contribution >= 4 is 40.6 Å². The summed E-state index contributed by atoms with van der Waals surface area (Å²) in [5.41, 5.74) is 1.14. The summed E-state index contributed by atoms with van der Waals surface area (Å²) in [4.78, 5) is 4.35. The lowest BCUT2D eigenvalue weighted by atomic mass is 10.1. The Hall–Kier alpha value is -1.03. The number of hydrogen-bond acceptors (Lipinski definition) is 2. The zero-order valence-corrected chi connectivity index (χ0v) is 12.2. The van der Waals surface area contributed by atoms with E-state index in [0.717, 1.165) is 0 Å². The molecule has 0 spiro atoms. The van der Waals surface area contributed by atoms with Crippen molar-refractivity contribution in [1.29, 1.82) is 0 Å². The first-order chi connectivity index (χ1) is 9.02. The van der Waals surface area contributed by atoms with Gasteiger partial charge in [-0.3, -0.25) is 0 Å². The smallest absolute Gasteiger partial charge is 0.145 e. The molecule has 0 saturated heterocycles. The van der Waals surface area contributed by atoms with Crippen molar-refractivity contribution in [2.75, 3.05) is 11.9 Å². The highest BCUT2D eigenvalue weighted by Crippen LogP contribution is 2.33. The van der Waals surface area contributed by atoms with Crippen molar-refractivity contribution in [1.82, 2.24) is 4.98 Å². The lowest BCUT2D eigenvalue weighted by Gasteiger charge is -2.10. The van der Waals surface area contributed by atoms with E-state index in [1.165, 1.54) is 12.1 Å². The number of nitrogens with one attached hydrogen (secondary N) is 1. The monoisotopic (exact) mass is 318 g/mol. The SMILES string of the molecule is CCNc1nc(-c2ccc(F)c(Cl)c2)c(Cl)cc1Cl. The summed E-state index contributed by atoms with van der Waals surface area (Å²) in [7, 11) is 0. The molecule has 0 amide bonds. The van der Waals surface area contributed by atoms with Gasteiger partial charge in [-0.05, 0) is 31.2 Å². The van der Waals surface area contributed by atoms with Crippen molar-refractivity contribution in [2.45, 2.75) is 6.92 Å². The summed E-state index contributed by atoms with van der Waals surface area (Å²) in [5.74, 6) is 0.0476. The average Bonchev–Trinajstić information content (AvgIpc) is 2.36. The average molecular weight is 320 g/mol. The summed E-state index contributed by atoms with van der Waals surface area (Å²) >= 11 is 17.9. The molecule has 0 aliphatic heterocycles. The molecule has 0 saturated carbocycles. The van der Waals surface area contributed by atoms with E-state index in [2.05, 4.69) is 10.3 Å². The molecule has 2 nitrogen and oxygen atoms in total. The number of benzene rings is 1. The molecular formula is C13H10Cl3FN2. The molecule has 0 aliphatic carbocycles. The molecule has 1 aromatic heterocycles. The molecule has 0 atom stereocenters. The van der Waals surface area contributed by atoms with Gasteiger partial charge in [-0.15, -0.1) is 0 Å². The van der Waals surface area contributed by atoms with Crippen LogP contribution in [0.25, 0.3) is 11.3 Å². The summed E-state index contributed by atoms with van der Waals surface area (Å²) in [6.07, 6.45) is 0. The molecule has 2 rings (SSSR count). The molecule has 19 heavy (non-hydrogen) atoms. The topological polar surface area (TPSA) is 24.9 Å². The van der Waals surface area contributed by atoms with Crippen molar-refractivity contribution in [2.24, 2.45) is 0 Å². The normalized spacial score (nSPS) is 10.6. The van der Waals surface area contributed by atoms with Gasteiger partial charge in [0.15, 0.2) is 0 Å². The van der Waals surface area contributed by atoms with Gasteiger partial charge in [-0.25, -0.2) is 9.37 Å². The van der Waals surface area contributed by atoms with E-state index in [-0.39, 0.29) is 5.02 Å². The van der Waals surface area contributed by atoms with E-state index in [0.29, 0.717) is 33.7 Å². The molecule has 1 heterocycles. The van der Waals surface area contributed by atoms with Crippen LogP contribution in [0.4, 0.5) is 10.2 Å². The lowest BCUT2D eigenvalue weighted by molar-refractivity contribution is 0.628. The number of hydrogen-bond donors (Lipinski definition) is 1. The zero-order chi connectivity index (χ0) is 14.0. The molecular weight excluding hydrogens is 310 g/mol. The van der Waals surface area contributed by atoms with E-state index in [9.17, 15) is 4.39 Å². The second-order valence-electron chi connectivity index (χ2n) is 3.81.